The number of carbonyl (C=O) groups excluding carboxylic acids is 1. The second kappa shape index (κ2) is 4.94. The quantitative estimate of drug-likeness (QED) is 0.825. The lowest BCUT2D eigenvalue weighted by atomic mass is 10.2. The number of fused-ring (bicyclic) bond motifs is 1. The number of hydrogen-bond acceptors (Lipinski definition) is 3. The molecule has 0 radical (unpaired) electrons. The molecule has 5 heteroatoms. The Bertz CT molecular complexity index is 436. The molecule has 0 atom stereocenters. The van der Waals surface area contributed by atoms with E-state index in [0.29, 0.717) is 11.6 Å². The molecule has 0 fully saturated rings. The minimum atomic E-state index is -0.0520. The molecule has 0 unspecified atom stereocenters. The van der Waals surface area contributed by atoms with Gasteiger partial charge in [0.15, 0.2) is 0 Å². The fourth-order valence-electron chi connectivity index (χ4n) is 2.11. The Morgan fingerprint density at radius 3 is 2.88 bits per heavy atom. The van der Waals surface area contributed by atoms with Crippen LogP contribution < -0.4 is 15.5 Å². The van der Waals surface area contributed by atoms with Gasteiger partial charge in [0.25, 0.3) is 0 Å². The Kier molecular flexibility index (Phi) is 3.54. The van der Waals surface area contributed by atoms with E-state index < -0.39 is 0 Å². The molecule has 0 bridgehead atoms. The summed E-state index contributed by atoms with van der Waals surface area (Å²) in [6.45, 7) is 1.64. The first-order chi connectivity index (χ1) is 8.13. The van der Waals surface area contributed by atoms with Crippen molar-refractivity contribution in [2.45, 2.75) is 6.42 Å². The van der Waals surface area contributed by atoms with E-state index in [2.05, 4.69) is 4.90 Å². The number of hydrogen-bond donors (Lipinski definition) is 1. The maximum absolute atomic E-state index is 11.8. The first-order valence-corrected chi connectivity index (χ1v) is 6.02. The van der Waals surface area contributed by atoms with Crippen LogP contribution in [-0.4, -0.2) is 32.6 Å². The van der Waals surface area contributed by atoms with Crippen LogP contribution in [0.4, 0.5) is 11.4 Å². The predicted octanol–water partition coefficient (Wildman–Crippen LogP) is 1.47. The lowest BCUT2D eigenvalue weighted by molar-refractivity contribution is -0.117. The summed E-state index contributed by atoms with van der Waals surface area (Å²) in [6, 6.07) is 5.57. The Balaban J connectivity index is 2.47. The van der Waals surface area contributed by atoms with Crippen molar-refractivity contribution in [3.05, 3.63) is 23.2 Å². The van der Waals surface area contributed by atoms with Gasteiger partial charge in [0, 0.05) is 25.2 Å². The van der Waals surface area contributed by atoms with Crippen LogP contribution in [0.2, 0.25) is 5.02 Å². The van der Waals surface area contributed by atoms with Gasteiger partial charge in [-0.2, -0.15) is 0 Å². The molecule has 0 aliphatic carbocycles. The summed E-state index contributed by atoms with van der Waals surface area (Å²) in [5, 5.41) is 0.678. The maximum atomic E-state index is 11.8. The first-order valence-electron chi connectivity index (χ1n) is 5.64. The molecule has 2 N–H and O–H groups in total. The molecule has 92 valence electrons. The highest BCUT2D eigenvalue weighted by Crippen LogP contribution is 2.33. The zero-order valence-corrected chi connectivity index (χ0v) is 10.6. The minimum absolute atomic E-state index is 0.0335. The smallest absolute Gasteiger partial charge is 0.240 e. The number of nitrogens with two attached hydrogens (primary N) is 1. The third kappa shape index (κ3) is 2.37. The summed E-state index contributed by atoms with van der Waals surface area (Å²) in [4.78, 5) is 15.7. The lowest BCUT2D eigenvalue weighted by Gasteiger charge is -2.24. The van der Waals surface area contributed by atoms with E-state index in [9.17, 15) is 4.79 Å². The molecule has 0 saturated carbocycles. The maximum Gasteiger partial charge on any atom is 0.240 e. The molecule has 1 amide bonds. The van der Waals surface area contributed by atoms with Crippen molar-refractivity contribution in [3.63, 3.8) is 0 Å². The Morgan fingerprint density at radius 1 is 1.41 bits per heavy atom. The van der Waals surface area contributed by atoms with Crippen molar-refractivity contribution in [2.75, 3.05) is 36.5 Å². The highest BCUT2D eigenvalue weighted by atomic mass is 35.5. The van der Waals surface area contributed by atoms with Gasteiger partial charge >= 0.3 is 0 Å². The third-order valence-electron chi connectivity index (χ3n) is 2.99. The summed E-state index contributed by atoms with van der Waals surface area (Å²) < 4.78 is 0. The first kappa shape index (κ1) is 12.2. The average Bonchev–Trinajstić information content (AvgIpc) is 2.48. The van der Waals surface area contributed by atoms with Crippen LogP contribution in [0.25, 0.3) is 0 Å². The average molecular weight is 254 g/mol. The molecule has 0 saturated heterocycles. The van der Waals surface area contributed by atoms with Crippen LogP contribution >= 0.6 is 11.6 Å². The van der Waals surface area contributed by atoms with Gasteiger partial charge in [-0.3, -0.25) is 4.79 Å². The topological polar surface area (TPSA) is 49.6 Å². The third-order valence-corrected chi connectivity index (χ3v) is 3.23. The molecular weight excluding hydrogens is 238 g/mol. The van der Waals surface area contributed by atoms with Crippen LogP contribution in [0.1, 0.15) is 6.42 Å². The van der Waals surface area contributed by atoms with Gasteiger partial charge < -0.3 is 15.5 Å². The molecular formula is C12H16ClN3O. The van der Waals surface area contributed by atoms with Crippen molar-refractivity contribution in [3.8, 4) is 0 Å². The highest BCUT2D eigenvalue weighted by molar-refractivity contribution is 6.31. The zero-order valence-electron chi connectivity index (χ0n) is 9.82. The van der Waals surface area contributed by atoms with E-state index >= 15 is 0 Å². The molecule has 1 aliphatic rings. The zero-order chi connectivity index (χ0) is 12.4. The molecule has 1 aliphatic heterocycles. The summed E-state index contributed by atoms with van der Waals surface area (Å²) in [5.74, 6) is -0.0520. The fraction of sp³-hybridized carbons (Fsp3) is 0.417. The van der Waals surface area contributed by atoms with Gasteiger partial charge in [-0.25, -0.2) is 0 Å². The molecule has 0 spiro atoms. The van der Waals surface area contributed by atoms with E-state index in [-0.39, 0.29) is 12.5 Å². The minimum Gasteiger partial charge on any atom is -0.373 e. The lowest BCUT2D eigenvalue weighted by Crippen LogP contribution is -2.36. The molecule has 1 aromatic rings. The monoisotopic (exact) mass is 253 g/mol. The van der Waals surface area contributed by atoms with Crippen molar-refractivity contribution in [1.29, 1.82) is 0 Å². The van der Waals surface area contributed by atoms with E-state index in [0.717, 1.165) is 24.3 Å². The standard InChI is InChI=1S/C12H16ClN3O/c1-15-5-2-6-16(12(17)8-14)10-4-3-9(13)7-11(10)15/h3-4,7H,2,5-6,8,14H2,1H3. The molecule has 17 heavy (non-hydrogen) atoms. The molecule has 1 aromatic carbocycles. The van der Waals surface area contributed by atoms with Gasteiger partial charge in [0.05, 0.1) is 17.9 Å². The van der Waals surface area contributed by atoms with Gasteiger partial charge in [0.2, 0.25) is 5.91 Å². The van der Waals surface area contributed by atoms with Crippen molar-refractivity contribution >= 4 is 28.9 Å². The van der Waals surface area contributed by atoms with Crippen LogP contribution in [0.5, 0.6) is 0 Å². The molecule has 4 nitrogen and oxygen atoms in total. The number of benzene rings is 1. The van der Waals surface area contributed by atoms with Crippen molar-refractivity contribution in [2.24, 2.45) is 5.73 Å². The van der Waals surface area contributed by atoms with E-state index in [4.69, 9.17) is 17.3 Å². The summed E-state index contributed by atoms with van der Waals surface area (Å²) in [6.07, 6.45) is 0.925. The number of anilines is 2. The van der Waals surface area contributed by atoms with Gasteiger partial charge in [-0.1, -0.05) is 11.6 Å². The number of carbonyl (C=O) groups is 1. The van der Waals surface area contributed by atoms with Crippen LogP contribution in [0.3, 0.4) is 0 Å². The van der Waals surface area contributed by atoms with Gasteiger partial charge in [-0.15, -0.1) is 0 Å². The molecule has 2 rings (SSSR count). The largest absolute Gasteiger partial charge is 0.373 e. The normalized spacial score (nSPS) is 15.5. The fourth-order valence-corrected chi connectivity index (χ4v) is 2.27. The highest BCUT2D eigenvalue weighted by Gasteiger charge is 2.22. The second-order valence-electron chi connectivity index (χ2n) is 4.16. The van der Waals surface area contributed by atoms with Crippen molar-refractivity contribution < 1.29 is 4.79 Å². The Hall–Kier alpha value is -1.26. The Morgan fingerprint density at radius 2 is 2.18 bits per heavy atom. The van der Waals surface area contributed by atoms with Crippen LogP contribution in [-0.2, 0) is 4.79 Å². The second-order valence-corrected chi connectivity index (χ2v) is 4.59. The number of amides is 1. The van der Waals surface area contributed by atoms with Gasteiger partial charge in [-0.05, 0) is 24.6 Å². The number of rotatable bonds is 1. The van der Waals surface area contributed by atoms with Crippen LogP contribution in [0, 0.1) is 0 Å². The van der Waals surface area contributed by atoms with E-state index in [1.165, 1.54) is 0 Å². The number of halogens is 1. The molecule has 0 aromatic heterocycles. The summed E-state index contributed by atoms with van der Waals surface area (Å²) in [7, 11) is 2.01. The molecule has 1 heterocycles. The van der Waals surface area contributed by atoms with Crippen LogP contribution in [0.15, 0.2) is 18.2 Å². The number of nitrogens with zero attached hydrogens (tertiary/aromatic N) is 2. The summed E-state index contributed by atoms with van der Waals surface area (Å²) in [5.41, 5.74) is 7.32. The van der Waals surface area contributed by atoms with E-state index in [1.54, 1.807) is 11.0 Å². The van der Waals surface area contributed by atoms with Crippen molar-refractivity contribution in [1.82, 2.24) is 0 Å². The summed E-state index contributed by atoms with van der Waals surface area (Å²) >= 11 is 6.00. The van der Waals surface area contributed by atoms with Gasteiger partial charge in [0.1, 0.15) is 0 Å². The van der Waals surface area contributed by atoms with E-state index in [1.807, 2.05) is 19.2 Å². The Labute approximate surface area is 106 Å². The predicted molar refractivity (Wildman–Crippen MR) is 70.7 cm³/mol. The SMILES string of the molecule is CN1CCCN(C(=O)CN)c2ccc(Cl)cc21.